The number of benzene rings is 1. The van der Waals surface area contributed by atoms with E-state index in [0.29, 0.717) is 18.2 Å². The Bertz CT molecular complexity index is 894. The van der Waals surface area contributed by atoms with E-state index in [-0.39, 0.29) is 12.5 Å². The molecular weight excluding hydrogens is 328 g/mol. The Morgan fingerprint density at radius 2 is 1.92 bits per heavy atom. The number of carbonyl (C=O) groups excluding carboxylic acids is 1. The molecule has 2 aromatic heterocycles. The van der Waals surface area contributed by atoms with Gasteiger partial charge in [0.2, 0.25) is 5.91 Å². The lowest BCUT2D eigenvalue weighted by molar-refractivity contribution is -0.117. The van der Waals surface area contributed by atoms with E-state index < -0.39 is 5.91 Å². The van der Waals surface area contributed by atoms with Crippen LogP contribution in [0.15, 0.2) is 36.4 Å². The number of nitrogens with two attached hydrogens (primary N) is 1. The smallest absolute Gasteiger partial charge is 0.225 e. The highest BCUT2D eigenvalue weighted by molar-refractivity contribution is 5.75. The molecule has 0 saturated carbocycles. The van der Waals surface area contributed by atoms with Crippen LogP contribution in [0.5, 0.6) is 0 Å². The number of rotatable bonds is 7. The molecule has 1 aromatic carbocycles. The zero-order valence-corrected chi connectivity index (χ0v) is 15.4. The van der Waals surface area contributed by atoms with Gasteiger partial charge in [-0.2, -0.15) is 10.2 Å². The van der Waals surface area contributed by atoms with Crippen LogP contribution in [-0.4, -0.2) is 30.5 Å². The molecule has 2 heterocycles. The molecule has 7 heteroatoms. The second-order valence-electron chi connectivity index (χ2n) is 6.66. The lowest BCUT2D eigenvalue weighted by Crippen LogP contribution is -2.15. The van der Waals surface area contributed by atoms with Gasteiger partial charge < -0.3 is 5.73 Å². The monoisotopic (exact) mass is 352 g/mol. The SMILES string of the molecule is Cc1cc(-c2nc(CC(N)=O)nn2CCc2ccccc2)nn1C(C)C. The third-order valence-electron chi connectivity index (χ3n) is 4.14. The second-order valence-corrected chi connectivity index (χ2v) is 6.66. The van der Waals surface area contributed by atoms with Gasteiger partial charge in [0.05, 0.1) is 6.42 Å². The van der Waals surface area contributed by atoms with E-state index in [1.54, 1.807) is 0 Å². The van der Waals surface area contributed by atoms with E-state index in [4.69, 9.17) is 5.73 Å². The second kappa shape index (κ2) is 7.51. The summed E-state index contributed by atoms with van der Waals surface area (Å²) < 4.78 is 3.77. The summed E-state index contributed by atoms with van der Waals surface area (Å²) in [4.78, 5) is 15.8. The van der Waals surface area contributed by atoms with Crippen LogP contribution in [0.1, 0.15) is 37.0 Å². The highest BCUT2D eigenvalue weighted by atomic mass is 16.1. The maximum Gasteiger partial charge on any atom is 0.225 e. The molecule has 3 aromatic rings. The molecule has 2 N–H and O–H groups in total. The average molecular weight is 352 g/mol. The third-order valence-corrected chi connectivity index (χ3v) is 4.14. The fourth-order valence-corrected chi connectivity index (χ4v) is 2.96. The molecule has 0 atom stereocenters. The first kappa shape index (κ1) is 17.8. The molecule has 0 bridgehead atoms. The lowest BCUT2D eigenvalue weighted by Gasteiger charge is -2.07. The topological polar surface area (TPSA) is 91.6 Å². The molecule has 26 heavy (non-hydrogen) atoms. The van der Waals surface area contributed by atoms with Crippen molar-refractivity contribution < 1.29 is 4.79 Å². The molecular formula is C19H24N6O. The van der Waals surface area contributed by atoms with Gasteiger partial charge in [-0.3, -0.25) is 9.48 Å². The van der Waals surface area contributed by atoms with Gasteiger partial charge in [0, 0.05) is 18.3 Å². The van der Waals surface area contributed by atoms with Gasteiger partial charge in [0.1, 0.15) is 5.69 Å². The fourth-order valence-electron chi connectivity index (χ4n) is 2.96. The summed E-state index contributed by atoms with van der Waals surface area (Å²) >= 11 is 0. The quantitative estimate of drug-likeness (QED) is 0.706. The maximum atomic E-state index is 11.3. The van der Waals surface area contributed by atoms with Gasteiger partial charge in [-0.05, 0) is 38.8 Å². The van der Waals surface area contributed by atoms with Gasteiger partial charge in [0.15, 0.2) is 11.6 Å². The molecule has 0 aliphatic carbocycles. The maximum absolute atomic E-state index is 11.3. The number of aryl methyl sites for hydroxylation is 3. The van der Waals surface area contributed by atoms with Gasteiger partial charge in [-0.1, -0.05) is 30.3 Å². The number of aromatic nitrogens is 5. The predicted octanol–water partition coefficient (Wildman–Crippen LogP) is 2.30. The van der Waals surface area contributed by atoms with Crippen LogP contribution in [0.3, 0.4) is 0 Å². The van der Waals surface area contributed by atoms with Gasteiger partial charge in [0.25, 0.3) is 0 Å². The highest BCUT2D eigenvalue weighted by Crippen LogP contribution is 2.20. The molecule has 0 aliphatic heterocycles. The number of carbonyl (C=O) groups is 1. The Balaban J connectivity index is 1.93. The van der Waals surface area contributed by atoms with Crippen LogP contribution in [0.25, 0.3) is 11.5 Å². The molecule has 0 saturated heterocycles. The minimum absolute atomic E-state index is 0.0230. The first-order valence-electron chi connectivity index (χ1n) is 8.76. The normalized spacial score (nSPS) is 11.2. The molecule has 0 spiro atoms. The van der Waals surface area contributed by atoms with E-state index in [2.05, 4.69) is 41.2 Å². The van der Waals surface area contributed by atoms with E-state index in [0.717, 1.165) is 17.8 Å². The summed E-state index contributed by atoms with van der Waals surface area (Å²) in [7, 11) is 0. The van der Waals surface area contributed by atoms with Crippen LogP contribution >= 0.6 is 0 Å². The molecule has 136 valence electrons. The molecule has 7 nitrogen and oxygen atoms in total. The van der Waals surface area contributed by atoms with Gasteiger partial charge in [-0.25, -0.2) is 9.67 Å². The minimum atomic E-state index is -0.444. The first-order chi connectivity index (χ1) is 12.4. The van der Waals surface area contributed by atoms with Crippen LogP contribution in [0, 0.1) is 6.92 Å². The number of nitrogens with zero attached hydrogens (tertiary/aromatic N) is 5. The van der Waals surface area contributed by atoms with E-state index in [1.165, 1.54) is 5.56 Å². The Labute approximate surface area is 152 Å². The molecule has 0 unspecified atom stereocenters. The van der Waals surface area contributed by atoms with Crippen molar-refractivity contribution in [1.29, 1.82) is 0 Å². The summed E-state index contributed by atoms with van der Waals surface area (Å²) in [6, 6.07) is 12.5. The lowest BCUT2D eigenvalue weighted by atomic mass is 10.1. The highest BCUT2D eigenvalue weighted by Gasteiger charge is 2.18. The number of amides is 1. The van der Waals surface area contributed by atoms with Crippen LogP contribution in [0.4, 0.5) is 0 Å². The van der Waals surface area contributed by atoms with Crippen LogP contribution in [-0.2, 0) is 24.2 Å². The predicted molar refractivity (Wildman–Crippen MR) is 99.4 cm³/mol. The molecule has 0 radical (unpaired) electrons. The van der Waals surface area contributed by atoms with Crippen molar-refractivity contribution in [2.75, 3.05) is 0 Å². The summed E-state index contributed by atoms with van der Waals surface area (Å²) in [5.41, 5.74) is 8.34. The van der Waals surface area contributed by atoms with Crippen molar-refractivity contribution in [2.45, 2.75) is 46.2 Å². The summed E-state index contributed by atoms with van der Waals surface area (Å²) in [6.45, 7) is 6.84. The van der Waals surface area contributed by atoms with E-state index in [1.807, 2.05) is 40.6 Å². The largest absolute Gasteiger partial charge is 0.369 e. The summed E-state index contributed by atoms with van der Waals surface area (Å²) in [5.74, 6) is 0.651. The third kappa shape index (κ3) is 3.99. The van der Waals surface area contributed by atoms with Crippen molar-refractivity contribution >= 4 is 5.91 Å². The fraction of sp³-hybridized carbons (Fsp3) is 0.368. The van der Waals surface area contributed by atoms with Crippen molar-refractivity contribution in [2.24, 2.45) is 5.73 Å². The van der Waals surface area contributed by atoms with Gasteiger partial charge in [-0.15, -0.1) is 0 Å². The molecule has 0 aliphatic rings. The Kier molecular flexibility index (Phi) is 5.16. The van der Waals surface area contributed by atoms with Crippen molar-refractivity contribution in [3.05, 3.63) is 53.5 Å². The molecule has 1 amide bonds. The van der Waals surface area contributed by atoms with Gasteiger partial charge >= 0.3 is 0 Å². The van der Waals surface area contributed by atoms with Crippen molar-refractivity contribution in [3.8, 4) is 11.5 Å². The number of hydrogen-bond donors (Lipinski definition) is 1. The number of primary amides is 1. The Hall–Kier alpha value is -2.96. The Morgan fingerprint density at radius 3 is 2.54 bits per heavy atom. The average Bonchev–Trinajstić information content (AvgIpc) is 3.16. The Morgan fingerprint density at radius 1 is 1.19 bits per heavy atom. The van der Waals surface area contributed by atoms with E-state index >= 15 is 0 Å². The van der Waals surface area contributed by atoms with Crippen molar-refractivity contribution in [1.82, 2.24) is 24.5 Å². The number of hydrogen-bond acceptors (Lipinski definition) is 4. The van der Waals surface area contributed by atoms with E-state index in [9.17, 15) is 4.79 Å². The standard InChI is InChI=1S/C19H24N6O/c1-13(2)25-14(3)11-16(22-25)19-21-18(12-17(20)26)23-24(19)10-9-15-7-5-4-6-8-15/h4-8,11,13H,9-10,12H2,1-3H3,(H2,20,26). The summed E-state index contributed by atoms with van der Waals surface area (Å²) in [5, 5.41) is 9.15. The van der Waals surface area contributed by atoms with Crippen LogP contribution in [0.2, 0.25) is 0 Å². The first-order valence-corrected chi connectivity index (χ1v) is 8.76. The van der Waals surface area contributed by atoms with Crippen molar-refractivity contribution in [3.63, 3.8) is 0 Å². The molecule has 0 fully saturated rings. The summed E-state index contributed by atoms with van der Waals surface area (Å²) in [6.07, 6.45) is 0.840. The van der Waals surface area contributed by atoms with Crippen LogP contribution < -0.4 is 5.73 Å². The zero-order chi connectivity index (χ0) is 18.7. The minimum Gasteiger partial charge on any atom is -0.369 e. The zero-order valence-electron chi connectivity index (χ0n) is 15.4. The molecule has 3 rings (SSSR count).